The van der Waals surface area contributed by atoms with Crippen LogP contribution in [0.5, 0.6) is 0 Å². The van der Waals surface area contributed by atoms with Crippen LogP contribution in [0.1, 0.15) is 17.9 Å². The van der Waals surface area contributed by atoms with Gasteiger partial charge in [0, 0.05) is 24.6 Å². The van der Waals surface area contributed by atoms with Crippen LogP contribution >= 0.6 is 0 Å². The summed E-state index contributed by atoms with van der Waals surface area (Å²) in [7, 11) is 0. The van der Waals surface area contributed by atoms with Crippen molar-refractivity contribution in [1.29, 1.82) is 15.8 Å². The second kappa shape index (κ2) is 5.59. The summed E-state index contributed by atoms with van der Waals surface area (Å²) in [5, 5.41) is 29.1. The van der Waals surface area contributed by atoms with Gasteiger partial charge in [-0.1, -0.05) is 30.3 Å². The van der Waals surface area contributed by atoms with Crippen LogP contribution in [0.2, 0.25) is 0 Å². The molecule has 0 aromatic heterocycles. The average Bonchev–Trinajstić information content (AvgIpc) is 2.61. The Balaban J connectivity index is 2.31. The molecule has 1 aliphatic heterocycles. The van der Waals surface area contributed by atoms with E-state index in [0.29, 0.717) is 12.1 Å². The molecule has 2 aliphatic rings. The highest BCUT2D eigenvalue weighted by molar-refractivity contribution is 5.71. The van der Waals surface area contributed by atoms with Crippen LogP contribution in [-0.2, 0) is 0 Å². The van der Waals surface area contributed by atoms with E-state index < -0.39 is 5.41 Å². The topological polar surface area (TPSA) is 110 Å². The first-order valence-corrected chi connectivity index (χ1v) is 7.47. The predicted octanol–water partition coefficient (Wildman–Crippen LogP) is 2.26. The molecule has 3 unspecified atom stereocenters. The third-order valence-corrected chi connectivity index (χ3v) is 4.89. The Bertz CT molecular complexity index is 787. The van der Waals surface area contributed by atoms with Crippen molar-refractivity contribution in [2.24, 2.45) is 28.0 Å². The predicted molar refractivity (Wildman–Crippen MR) is 84.6 cm³/mol. The van der Waals surface area contributed by atoms with E-state index in [1.807, 2.05) is 30.3 Å². The van der Waals surface area contributed by atoms with E-state index >= 15 is 0 Å². The lowest BCUT2D eigenvalue weighted by molar-refractivity contribution is 0.252. The Kier molecular flexibility index (Phi) is 3.61. The second-order valence-electron chi connectivity index (χ2n) is 5.89. The summed E-state index contributed by atoms with van der Waals surface area (Å²) < 4.78 is 0. The van der Waals surface area contributed by atoms with Gasteiger partial charge >= 0.3 is 0 Å². The first-order chi connectivity index (χ1) is 11.2. The largest absolute Gasteiger partial charge is 0.399 e. The number of hydrogen-bond acceptors (Lipinski definition) is 5. The Morgan fingerprint density at radius 1 is 1.13 bits per heavy atom. The number of hydrogen-bond donors (Lipinski definition) is 1. The summed E-state index contributed by atoms with van der Waals surface area (Å²) in [4.78, 5) is 4.29. The molecule has 1 aliphatic carbocycles. The number of benzene rings is 1. The van der Waals surface area contributed by atoms with Crippen LogP contribution in [-0.4, -0.2) is 12.8 Å². The number of nitrogens with two attached hydrogens (primary N) is 1. The molecular formula is C18H15N5. The van der Waals surface area contributed by atoms with Crippen LogP contribution in [0.3, 0.4) is 0 Å². The highest BCUT2D eigenvalue weighted by atomic mass is 14.8. The van der Waals surface area contributed by atoms with Crippen molar-refractivity contribution in [3.05, 3.63) is 47.2 Å². The molecule has 1 heterocycles. The van der Waals surface area contributed by atoms with Crippen LogP contribution in [0.4, 0.5) is 0 Å². The number of allylic oxidation sites excluding steroid dienone is 2. The molecule has 0 spiro atoms. The molecule has 0 saturated heterocycles. The van der Waals surface area contributed by atoms with Gasteiger partial charge in [0.15, 0.2) is 5.41 Å². The maximum Gasteiger partial charge on any atom is 0.190 e. The quantitative estimate of drug-likeness (QED) is 0.857. The molecule has 3 atom stereocenters. The van der Waals surface area contributed by atoms with E-state index in [4.69, 9.17) is 5.73 Å². The normalized spacial score (nSPS) is 28.1. The lowest BCUT2D eigenvalue weighted by Gasteiger charge is -2.44. The molecule has 1 aromatic rings. The minimum atomic E-state index is -1.52. The summed E-state index contributed by atoms with van der Waals surface area (Å²) >= 11 is 0. The molecule has 0 fully saturated rings. The summed E-state index contributed by atoms with van der Waals surface area (Å²) in [6.07, 6.45) is 2.48. The lowest BCUT2D eigenvalue weighted by Crippen LogP contribution is -2.46. The van der Waals surface area contributed by atoms with Crippen molar-refractivity contribution in [2.75, 3.05) is 6.54 Å². The number of nitriles is 3. The molecule has 0 radical (unpaired) electrons. The number of fused-ring (bicyclic) bond motifs is 1. The van der Waals surface area contributed by atoms with E-state index in [0.717, 1.165) is 12.0 Å². The zero-order chi connectivity index (χ0) is 16.4. The monoisotopic (exact) mass is 301 g/mol. The molecule has 5 heteroatoms. The van der Waals surface area contributed by atoms with E-state index in [1.54, 1.807) is 6.21 Å². The van der Waals surface area contributed by atoms with Gasteiger partial charge in [0.25, 0.3) is 0 Å². The molecule has 2 N–H and O–H groups in total. The maximum atomic E-state index is 9.82. The van der Waals surface area contributed by atoms with Crippen LogP contribution < -0.4 is 5.73 Å². The molecular weight excluding hydrogens is 286 g/mol. The van der Waals surface area contributed by atoms with Crippen molar-refractivity contribution in [1.82, 2.24) is 0 Å². The van der Waals surface area contributed by atoms with Crippen molar-refractivity contribution in [3.8, 4) is 18.2 Å². The fourth-order valence-corrected chi connectivity index (χ4v) is 3.82. The molecule has 5 nitrogen and oxygen atoms in total. The van der Waals surface area contributed by atoms with Crippen molar-refractivity contribution in [2.45, 2.75) is 12.3 Å². The van der Waals surface area contributed by atoms with E-state index in [1.165, 1.54) is 0 Å². The fourth-order valence-electron chi connectivity index (χ4n) is 3.82. The Labute approximate surface area is 135 Å². The van der Waals surface area contributed by atoms with Crippen LogP contribution in [0.25, 0.3) is 0 Å². The standard InChI is InChI=1S/C18H15N5/c19-8-14-15-9-23-7-6-13(15)16(12-4-2-1-3-5-12)18(10-20,11-21)17(14)22/h1-5,9,13,15-16H,6-7,22H2. The van der Waals surface area contributed by atoms with E-state index in [9.17, 15) is 15.8 Å². The summed E-state index contributed by atoms with van der Waals surface area (Å²) in [5.74, 6) is -0.627. The SMILES string of the molecule is N#CC1=C(N)C(C#N)(C#N)C(c2ccccc2)C2CCN=CC12. The van der Waals surface area contributed by atoms with Crippen molar-refractivity contribution < 1.29 is 0 Å². The summed E-state index contributed by atoms with van der Waals surface area (Å²) in [5.41, 5.74) is 5.95. The summed E-state index contributed by atoms with van der Waals surface area (Å²) in [6.45, 7) is 0.635. The van der Waals surface area contributed by atoms with E-state index in [2.05, 4.69) is 23.2 Å². The van der Waals surface area contributed by atoms with Gasteiger partial charge in [-0.2, -0.15) is 15.8 Å². The third-order valence-electron chi connectivity index (χ3n) is 4.89. The minimum absolute atomic E-state index is 0.0313. The zero-order valence-electron chi connectivity index (χ0n) is 12.5. The van der Waals surface area contributed by atoms with Crippen LogP contribution in [0, 0.1) is 51.2 Å². The fraction of sp³-hybridized carbons (Fsp3) is 0.333. The van der Waals surface area contributed by atoms with Gasteiger partial charge in [0.2, 0.25) is 0 Å². The maximum absolute atomic E-state index is 9.82. The molecule has 3 rings (SSSR count). The van der Waals surface area contributed by atoms with Crippen molar-refractivity contribution in [3.63, 3.8) is 0 Å². The highest BCUT2D eigenvalue weighted by Crippen LogP contribution is 2.54. The molecule has 1 aromatic carbocycles. The van der Waals surface area contributed by atoms with Gasteiger partial charge in [-0.25, -0.2) is 0 Å². The molecule has 0 amide bonds. The third kappa shape index (κ3) is 2.00. The van der Waals surface area contributed by atoms with Crippen LogP contribution in [0.15, 0.2) is 46.6 Å². The van der Waals surface area contributed by atoms with Crippen molar-refractivity contribution >= 4 is 6.21 Å². The number of nitrogens with zero attached hydrogens (tertiary/aromatic N) is 4. The number of rotatable bonds is 1. The molecule has 112 valence electrons. The van der Waals surface area contributed by atoms with Gasteiger partial charge in [-0.3, -0.25) is 4.99 Å². The lowest BCUT2D eigenvalue weighted by atomic mass is 9.56. The Morgan fingerprint density at radius 2 is 1.83 bits per heavy atom. The van der Waals surface area contributed by atoms with Gasteiger partial charge in [0.1, 0.15) is 0 Å². The molecule has 23 heavy (non-hydrogen) atoms. The second-order valence-corrected chi connectivity index (χ2v) is 5.89. The first kappa shape index (κ1) is 14.8. The molecule has 0 bridgehead atoms. The smallest absolute Gasteiger partial charge is 0.190 e. The zero-order valence-corrected chi connectivity index (χ0v) is 12.5. The summed E-state index contributed by atoms with van der Waals surface area (Å²) in [6, 6.07) is 15.9. The first-order valence-electron chi connectivity index (χ1n) is 7.47. The molecule has 0 saturated carbocycles. The van der Waals surface area contributed by atoms with E-state index in [-0.39, 0.29) is 23.5 Å². The van der Waals surface area contributed by atoms with Gasteiger partial charge in [-0.15, -0.1) is 0 Å². The van der Waals surface area contributed by atoms with Gasteiger partial charge < -0.3 is 5.73 Å². The Morgan fingerprint density at radius 3 is 2.43 bits per heavy atom. The highest BCUT2D eigenvalue weighted by Gasteiger charge is 2.55. The minimum Gasteiger partial charge on any atom is -0.399 e. The average molecular weight is 301 g/mol. The Hall–Kier alpha value is -3.10. The van der Waals surface area contributed by atoms with Gasteiger partial charge in [0.05, 0.1) is 29.5 Å². The van der Waals surface area contributed by atoms with Gasteiger partial charge in [-0.05, 0) is 17.9 Å². The number of aliphatic imine (C=N–C) groups is 1.